The molecule has 2 aromatic rings. The molecule has 8 nitrogen and oxygen atoms in total. The first-order valence-electron chi connectivity index (χ1n) is 8.79. The molecule has 1 saturated heterocycles. The van der Waals surface area contributed by atoms with Gasteiger partial charge in [-0.05, 0) is 25.5 Å². The molecule has 0 atom stereocenters. The molecule has 27 heavy (non-hydrogen) atoms. The second kappa shape index (κ2) is 8.85. The van der Waals surface area contributed by atoms with Gasteiger partial charge in [0, 0.05) is 37.7 Å². The summed E-state index contributed by atoms with van der Waals surface area (Å²) in [6.45, 7) is 4.13. The summed E-state index contributed by atoms with van der Waals surface area (Å²) in [5.74, 6) is 1.80. The van der Waals surface area contributed by atoms with E-state index in [1.54, 1.807) is 40.0 Å². The Labute approximate surface area is 163 Å². The number of benzene rings is 1. The number of aryl methyl sites for hydroxylation is 2. The highest BCUT2D eigenvalue weighted by molar-refractivity contribution is 7.99. The molecule has 0 unspecified atom stereocenters. The molecule has 146 valence electrons. The van der Waals surface area contributed by atoms with E-state index in [1.807, 2.05) is 18.7 Å². The Kier molecular flexibility index (Phi) is 6.51. The molecule has 1 aliphatic heterocycles. The van der Waals surface area contributed by atoms with E-state index < -0.39 is 10.0 Å². The summed E-state index contributed by atoms with van der Waals surface area (Å²) >= 11 is 1.84. The lowest BCUT2D eigenvalue weighted by atomic mass is 10.2. The SMILES string of the molecule is Cc1ccc(S(=O)(=O)NCCCn2cc(C(=O)N3CCSCC3)nn2)cc1. The number of carbonyl (C=O) groups is 1. The van der Waals surface area contributed by atoms with Crippen LogP contribution in [0.15, 0.2) is 35.4 Å². The summed E-state index contributed by atoms with van der Waals surface area (Å²) in [6, 6.07) is 6.71. The quantitative estimate of drug-likeness (QED) is 0.689. The Morgan fingerprint density at radius 1 is 1.22 bits per heavy atom. The van der Waals surface area contributed by atoms with Gasteiger partial charge >= 0.3 is 0 Å². The molecule has 0 spiro atoms. The van der Waals surface area contributed by atoms with Crippen molar-refractivity contribution in [2.24, 2.45) is 0 Å². The molecule has 2 heterocycles. The van der Waals surface area contributed by atoms with Crippen LogP contribution in [-0.4, -0.2) is 65.4 Å². The Bertz CT molecular complexity index is 874. The maximum absolute atomic E-state index is 12.4. The van der Waals surface area contributed by atoms with E-state index >= 15 is 0 Å². The van der Waals surface area contributed by atoms with Gasteiger partial charge < -0.3 is 4.90 Å². The third-order valence-electron chi connectivity index (χ3n) is 4.24. The number of nitrogens with zero attached hydrogens (tertiary/aromatic N) is 4. The van der Waals surface area contributed by atoms with Gasteiger partial charge in [-0.2, -0.15) is 11.8 Å². The Morgan fingerprint density at radius 2 is 1.93 bits per heavy atom. The second-order valence-corrected chi connectivity index (χ2v) is 9.33. The minimum absolute atomic E-state index is 0.0957. The van der Waals surface area contributed by atoms with Gasteiger partial charge in [-0.3, -0.25) is 9.48 Å². The van der Waals surface area contributed by atoms with Crippen LogP contribution in [0.5, 0.6) is 0 Å². The standard InChI is InChI=1S/C17H23N5O3S2/c1-14-3-5-15(6-4-14)27(24,25)18-7-2-8-22-13-16(19-20-22)17(23)21-9-11-26-12-10-21/h3-6,13,18H,2,7-12H2,1H3. The van der Waals surface area contributed by atoms with Crippen LogP contribution in [0.2, 0.25) is 0 Å². The molecule has 1 aromatic heterocycles. The number of sulfonamides is 1. The lowest BCUT2D eigenvalue weighted by molar-refractivity contribution is 0.0766. The topological polar surface area (TPSA) is 97.2 Å². The first kappa shape index (κ1) is 19.8. The van der Waals surface area contributed by atoms with E-state index in [9.17, 15) is 13.2 Å². The van der Waals surface area contributed by atoms with Crippen molar-refractivity contribution in [3.8, 4) is 0 Å². The summed E-state index contributed by atoms with van der Waals surface area (Å²) in [6.07, 6.45) is 2.17. The van der Waals surface area contributed by atoms with Crippen molar-refractivity contribution in [1.29, 1.82) is 0 Å². The molecule has 0 saturated carbocycles. The maximum Gasteiger partial charge on any atom is 0.276 e. The van der Waals surface area contributed by atoms with Crippen molar-refractivity contribution in [2.45, 2.75) is 24.8 Å². The fourth-order valence-corrected chi connectivity index (χ4v) is 4.66. The van der Waals surface area contributed by atoms with Crippen LogP contribution < -0.4 is 4.72 Å². The maximum atomic E-state index is 12.4. The molecule has 1 fully saturated rings. The van der Waals surface area contributed by atoms with Crippen LogP contribution in [0.4, 0.5) is 0 Å². The number of nitrogens with one attached hydrogen (secondary N) is 1. The molecule has 1 amide bonds. The van der Waals surface area contributed by atoms with E-state index in [-0.39, 0.29) is 17.3 Å². The molecular weight excluding hydrogens is 386 g/mol. The van der Waals surface area contributed by atoms with Crippen molar-refractivity contribution < 1.29 is 13.2 Å². The van der Waals surface area contributed by atoms with E-state index in [0.717, 1.165) is 30.2 Å². The third-order valence-corrected chi connectivity index (χ3v) is 6.66. The minimum atomic E-state index is -3.51. The van der Waals surface area contributed by atoms with Gasteiger partial charge in [-0.25, -0.2) is 13.1 Å². The van der Waals surface area contributed by atoms with Gasteiger partial charge in [-0.1, -0.05) is 22.9 Å². The van der Waals surface area contributed by atoms with Gasteiger partial charge in [0.1, 0.15) is 0 Å². The van der Waals surface area contributed by atoms with Crippen LogP contribution in [0.25, 0.3) is 0 Å². The molecule has 0 radical (unpaired) electrons. The number of hydrogen-bond donors (Lipinski definition) is 1. The molecule has 1 N–H and O–H groups in total. The van der Waals surface area contributed by atoms with Crippen LogP contribution in [-0.2, 0) is 16.6 Å². The molecule has 1 aliphatic rings. The monoisotopic (exact) mass is 409 g/mol. The Morgan fingerprint density at radius 3 is 2.63 bits per heavy atom. The predicted molar refractivity (Wildman–Crippen MR) is 104 cm³/mol. The van der Waals surface area contributed by atoms with Gasteiger partial charge in [-0.15, -0.1) is 5.10 Å². The van der Waals surface area contributed by atoms with Gasteiger partial charge in [0.25, 0.3) is 5.91 Å². The van der Waals surface area contributed by atoms with Crippen molar-refractivity contribution in [1.82, 2.24) is 24.6 Å². The number of hydrogen-bond acceptors (Lipinski definition) is 6. The number of carbonyl (C=O) groups excluding carboxylic acids is 1. The van der Waals surface area contributed by atoms with Gasteiger partial charge in [0.2, 0.25) is 10.0 Å². The molecule has 1 aromatic carbocycles. The average molecular weight is 410 g/mol. The highest BCUT2D eigenvalue weighted by atomic mass is 32.2. The minimum Gasteiger partial charge on any atom is -0.336 e. The summed E-state index contributed by atoms with van der Waals surface area (Å²) in [7, 11) is -3.51. The summed E-state index contributed by atoms with van der Waals surface area (Å²) < 4.78 is 28.6. The number of thioether (sulfide) groups is 1. The van der Waals surface area contributed by atoms with Gasteiger partial charge in [0.15, 0.2) is 5.69 Å². The lowest BCUT2D eigenvalue weighted by Gasteiger charge is -2.25. The van der Waals surface area contributed by atoms with E-state index in [2.05, 4.69) is 15.0 Å². The zero-order chi connectivity index (χ0) is 19.3. The fourth-order valence-electron chi connectivity index (χ4n) is 2.68. The first-order valence-corrected chi connectivity index (χ1v) is 11.4. The number of amides is 1. The molecule has 0 bridgehead atoms. The van der Waals surface area contributed by atoms with E-state index in [0.29, 0.717) is 18.7 Å². The first-order chi connectivity index (χ1) is 13.0. The fraction of sp³-hybridized carbons (Fsp3) is 0.471. The van der Waals surface area contributed by atoms with Crippen LogP contribution in [0.3, 0.4) is 0 Å². The zero-order valence-electron chi connectivity index (χ0n) is 15.2. The number of rotatable bonds is 7. The van der Waals surface area contributed by atoms with Crippen molar-refractivity contribution in [3.63, 3.8) is 0 Å². The Balaban J connectivity index is 1.47. The van der Waals surface area contributed by atoms with Crippen molar-refractivity contribution in [3.05, 3.63) is 41.7 Å². The molecule has 3 rings (SSSR count). The predicted octanol–water partition coefficient (Wildman–Crippen LogP) is 1.14. The van der Waals surface area contributed by atoms with Crippen LogP contribution in [0.1, 0.15) is 22.5 Å². The third kappa shape index (κ3) is 5.30. The van der Waals surface area contributed by atoms with Crippen LogP contribution in [0, 0.1) is 6.92 Å². The molecular formula is C17H23N5O3S2. The van der Waals surface area contributed by atoms with E-state index in [1.165, 1.54) is 0 Å². The summed E-state index contributed by atoms with van der Waals surface area (Å²) in [5.41, 5.74) is 1.34. The normalized spacial score (nSPS) is 15.1. The zero-order valence-corrected chi connectivity index (χ0v) is 16.8. The highest BCUT2D eigenvalue weighted by Crippen LogP contribution is 2.12. The smallest absolute Gasteiger partial charge is 0.276 e. The molecule has 10 heteroatoms. The Hall–Kier alpha value is -1.91. The molecule has 0 aliphatic carbocycles. The number of aromatic nitrogens is 3. The summed E-state index contributed by atoms with van der Waals surface area (Å²) in [4.78, 5) is 14.4. The average Bonchev–Trinajstić information content (AvgIpc) is 3.15. The summed E-state index contributed by atoms with van der Waals surface area (Å²) in [5, 5.41) is 7.92. The van der Waals surface area contributed by atoms with Crippen molar-refractivity contribution >= 4 is 27.7 Å². The second-order valence-electron chi connectivity index (χ2n) is 6.34. The van der Waals surface area contributed by atoms with E-state index in [4.69, 9.17) is 0 Å². The van der Waals surface area contributed by atoms with Gasteiger partial charge in [0.05, 0.1) is 11.1 Å². The van der Waals surface area contributed by atoms with Crippen molar-refractivity contribution in [2.75, 3.05) is 31.1 Å². The lowest BCUT2D eigenvalue weighted by Crippen LogP contribution is -2.38. The highest BCUT2D eigenvalue weighted by Gasteiger charge is 2.21. The van der Waals surface area contributed by atoms with Crippen LogP contribution >= 0.6 is 11.8 Å². The largest absolute Gasteiger partial charge is 0.336 e.